The second kappa shape index (κ2) is 19.9. The maximum Gasteiger partial charge on any atom is 0.323 e. The second-order valence-corrected chi connectivity index (χ2v) is 16.1. The lowest BCUT2D eigenvalue weighted by Gasteiger charge is -2.35. The number of nitrogens with zero attached hydrogens (tertiary/aromatic N) is 5. The Kier molecular flexibility index (Phi) is 13.5. The van der Waals surface area contributed by atoms with E-state index in [1.54, 1.807) is 20.4 Å². The number of carbonyl (C=O) groups is 2. The van der Waals surface area contributed by atoms with Gasteiger partial charge in [-0.15, -0.1) is 0 Å². The molecule has 326 valence electrons. The van der Waals surface area contributed by atoms with Crippen LogP contribution in [0.1, 0.15) is 11.1 Å². The molecular formula is C50H56N8O5. The van der Waals surface area contributed by atoms with E-state index in [9.17, 15) is 9.59 Å². The highest BCUT2D eigenvalue weighted by Crippen LogP contribution is 2.35. The number of benzene rings is 5. The number of pyridine rings is 1. The van der Waals surface area contributed by atoms with Gasteiger partial charge in [0.15, 0.2) is 0 Å². The zero-order valence-corrected chi connectivity index (χ0v) is 36.5. The molecule has 0 bridgehead atoms. The molecule has 4 heterocycles. The van der Waals surface area contributed by atoms with E-state index in [4.69, 9.17) is 14.2 Å². The van der Waals surface area contributed by atoms with E-state index in [-0.39, 0.29) is 11.9 Å². The monoisotopic (exact) mass is 848 g/mol. The van der Waals surface area contributed by atoms with Gasteiger partial charge in [0.1, 0.15) is 17.2 Å². The Hall–Kier alpha value is -6.83. The van der Waals surface area contributed by atoms with Crippen molar-refractivity contribution in [2.45, 2.75) is 12.8 Å². The lowest BCUT2D eigenvalue weighted by Crippen LogP contribution is -2.44. The van der Waals surface area contributed by atoms with Gasteiger partial charge in [-0.25, -0.2) is 4.79 Å². The van der Waals surface area contributed by atoms with Crippen molar-refractivity contribution in [3.63, 3.8) is 0 Å². The van der Waals surface area contributed by atoms with Gasteiger partial charge in [0.2, 0.25) is 5.91 Å². The van der Waals surface area contributed by atoms with E-state index < -0.39 is 0 Å². The second-order valence-electron chi connectivity index (χ2n) is 16.1. The van der Waals surface area contributed by atoms with Gasteiger partial charge >= 0.3 is 6.03 Å². The average molecular weight is 849 g/mol. The zero-order chi connectivity index (χ0) is 43.7. The smallest absolute Gasteiger partial charge is 0.323 e. The zero-order valence-electron chi connectivity index (χ0n) is 36.5. The molecule has 5 aromatic carbocycles. The van der Waals surface area contributed by atoms with Gasteiger partial charge in [-0.1, -0.05) is 42.5 Å². The van der Waals surface area contributed by atoms with Gasteiger partial charge in [-0.05, 0) is 102 Å². The molecule has 6 aromatic rings. The number of amides is 3. The van der Waals surface area contributed by atoms with Crippen LogP contribution in [0.4, 0.5) is 33.2 Å². The van der Waals surface area contributed by atoms with Crippen molar-refractivity contribution in [1.29, 1.82) is 0 Å². The first kappa shape index (κ1) is 42.8. The molecular weight excluding hydrogens is 793 g/mol. The van der Waals surface area contributed by atoms with Crippen molar-refractivity contribution in [3.05, 3.63) is 127 Å². The van der Waals surface area contributed by atoms with Crippen LogP contribution in [0.15, 0.2) is 116 Å². The topological polar surface area (TPSA) is 124 Å². The highest BCUT2D eigenvalue weighted by molar-refractivity contribution is 6.02. The molecule has 1 aromatic heterocycles. The number of likely N-dealkylation sites (N-methyl/N-ethyl adjacent to an activating group) is 2. The highest BCUT2D eigenvalue weighted by atomic mass is 16.5. The molecule has 63 heavy (non-hydrogen) atoms. The van der Waals surface area contributed by atoms with Crippen LogP contribution in [0.3, 0.4) is 0 Å². The molecule has 3 N–H and O–H groups in total. The maximum absolute atomic E-state index is 13.1. The van der Waals surface area contributed by atoms with Crippen molar-refractivity contribution >= 4 is 51.1 Å². The minimum atomic E-state index is -0.270. The number of piperazine rings is 2. The van der Waals surface area contributed by atoms with Gasteiger partial charge in [0, 0.05) is 93.8 Å². The number of methoxy groups -OCH3 is 2. The minimum absolute atomic E-state index is 0.0428. The lowest BCUT2D eigenvalue weighted by atomic mass is 9.94. The van der Waals surface area contributed by atoms with Crippen molar-refractivity contribution in [3.8, 4) is 28.4 Å². The SMILES string of the molecule is COc1ccc(NC(=O)Cc2ccc(-c3cccnc3)c3ccccc23)cc1N1CCN(C)CC1.COc1ccc(NC(=O)Nc2ccc3c(c2)CCO3)cc1N1CCN(C)CC1. The van der Waals surface area contributed by atoms with Crippen LogP contribution in [0.5, 0.6) is 17.2 Å². The number of aromatic nitrogens is 1. The lowest BCUT2D eigenvalue weighted by molar-refractivity contribution is -0.115. The Labute approximate surface area is 369 Å². The average Bonchev–Trinajstić information content (AvgIpc) is 3.78. The van der Waals surface area contributed by atoms with Crippen LogP contribution in [-0.4, -0.2) is 114 Å². The first-order valence-electron chi connectivity index (χ1n) is 21.5. The first-order chi connectivity index (χ1) is 30.7. The molecule has 0 radical (unpaired) electrons. The van der Waals surface area contributed by atoms with Crippen molar-refractivity contribution < 1.29 is 23.8 Å². The van der Waals surface area contributed by atoms with Crippen molar-refractivity contribution in [2.75, 3.05) is 113 Å². The number of hydrogen-bond acceptors (Lipinski definition) is 10. The van der Waals surface area contributed by atoms with Gasteiger partial charge in [-0.2, -0.15) is 0 Å². The summed E-state index contributed by atoms with van der Waals surface area (Å²) >= 11 is 0. The molecule has 2 saturated heterocycles. The molecule has 0 saturated carbocycles. The van der Waals surface area contributed by atoms with Crippen molar-refractivity contribution in [1.82, 2.24) is 14.8 Å². The van der Waals surface area contributed by atoms with Crippen LogP contribution in [0.25, 0.3) is 21.9 Å². The third-order valence-electron chi connectivity index (χ3n) is 11.9. The summed E-state index contributed by atoms with van der Waals surface area (Å²) in [6.07, 6.45) is 4.82. The predicted molar refractivity (Wildman–Crippen MR) is 253 cm³/mol. The van der Waals surface area contributed by atoms with E-state index in [0.29, 0.717) is 13.0 Å². The van der Waals surface area contributed by atoms with Gasteiger partial charge < -0.3 is 49.8 Å². The van der Waals surface area contributed by atoms with E-state index >= 15 is 0 Å². The Balaban J connectivity index is 0.000000177. The fourth-order valence-corrected chi connectivity index (χ4v) is 8.35. The summed E-state index contributed by atoms with van der Waals surface area (Å²) in [5.41, 5.74) is 8.59. The third-order valence-corrected chi connectivity index (χ3v) is 11.9. The molecule has 0 unspecified atom stereocenters. The third kappa shape index (κ3) is 10.4. The molecule has 3 aliphatic heterocycles. The number of rotatable bonds is 10. The molecule has 0 spiro atoms. The highest BCUT2D eigenvalue weighted by Gasteiger charge is 2.21. The summed E-state index contributed by atoms with van der Waals surface area (Å²) in [6, 6.07) is 33.4. The standard InChI is InChI=1S/C29H30N4O2.C21H26N4O3/c1-32-14-16-33(17-15-32)27-19-23(10-12-28(27)35-2)31-29(34)18-21-9-11-25(22-6-5-13-30-20-22)26-8-4-3-7-24(21)26;1-24-8-10-25(11-9-24)18-14-17(4-6-20(18)27-2)23-21(26)22-16-3-5-19-15(13-16)7-12-28-19/h3-13,19-20H,14-18H2,1-2H3,(H,31,34);3-6,13-14H,7-12H2,1-2H3,(H2,22,23,26). The fraction of sp³-hybridized carbons (Fsp3) is 0.300. The Morgan fingerprint density at radius 1 is 0.651 bits per heavy atom. The molecule has 0 aliphatic carbocycles. The number of ether oxygens (including phenoxy) is 3. The Morgan fingerprint density at radius 3 is 1.84 bits per heavy atom. The Bertz CT molecular complexity index is 2540. The summed E-state index contributed by atoms with van der Waals surface area (Å²) in [7, 11) is 7.62. The number of anilines is 5. The van der Waals surface area contributed by atoms with Crippen LogP contribution >= 0.6 is 0 Å². The van der Waals surface area contributed by atoms with E-state index in [1.807, 2.05) is 85.1 Å². The van der Waals surface area contributed by atoms with Crippen LogP contribution in [-0.2, 0) is 17.6 Å². The van der Waals surface area contributed by atoms with E-state index in [0.717, 1.165) is 137 Å². The number of carbonyl (C=O) groups excluding carboxylic acids is 2. The van der Waals surface area contributed by atoms with Crippen LogP contribution in [0, 0.1) is 0 Å². The molecule has 2 fully saturated rings. The minimum Gasteiger partial charge on any atom is -0.495 e. The summed E-state index contributed by atoms with van der Waals surface area (Å²) in [5, 5.41) is 11.1. The molecule has 0 atom stereocenters. The summed E-state index contributed by atoms with van der Waals surface area (Å²) in [5.74, 6) is 2.50. The first-order valence-corrected chi connectivity index (χ1v) is 21.5. The molecule has 3 amide bonds. The van der Waals surface area contributed by atoms with Crippen LogP contribution in [0.2, 0.25) is 0 Å². The number of nitrogens with one attached hydrogen (secondary N) is 3. The Morgan fingerprint density at radius 2 is 1.24 bits per heavy atom. The maximum atomic E-state index is 13.1. The number of urea groups is 1. The van der Waals surface area contributed by atoms with Gasteiger partial charge in [0.25, 0.3) is 0 Å². The normalized spacial score (nSPS) is 15.1. The predicted octanol–water partition coefficient (Wildman–Crippen LogP) is 7.87. The van der Waals surface area contributed by atoms with E-state index in [2.05, 4.69) is 78.9 Å². The fourth-order valence-electron chi connectivity index (χ4n) is 8.35. The molecule has 13 heteroatoms. The number of hydrogen-bond donors (Lipinski definition) is 3. The summed E-state index contributed by atoms with van der Waals surface area (Å²) < 4.78 is 16.6. The van der Waals surface area contributed by atoms with Crippen LogP contribution < -0.4 is 40.0 Å². The quantitative estimate of drug-likeness (QED) is 0.126. The van der Waals surface area contributed by atoms with Gasteiger partial charge in [0.05, 0.1) is 38.6 Å². The van der Waals surface area contributed by atoms with E-state index in [1.165, 1.54) is 0 Å². The van der Waals surface area contributed by atoms with Crippen molar-refractivity contribution in [2.24, 2.45) is 0 Å². The summed E-state index contributed by atoms with van der Waals surface area (Å²) in [6.45, 7) is 8.43. The summed E-state index contributed by atoms with van der Waals surface area (Å²) in [4.78, 5) is 39.1. The number of fused-ring (bicyclic) bond motifs is 2. The molecule has 9 rings (SSSR count). The molecule has 3 aliphatic rings. The van der Waals surface area contributed by atoms with Gasteiger partial charge in [-0.3, -0.25) is 9.78 Å². The molecule has 13 nitrogen and oxygen atoms in total. The largest absolute Gasteiger partial charge is 0.495 e.